The van der Waals surface area contributed by atoms with Gasteiger partial charge in [-0.3, -0.25) is 4.98 Å². The highest BCUT2D eigenvalue weighted by molar-refractivity contribution is 6.02. The minimum Gasteiger partial charge on any atom is -0.265 e. The van der Waals surface area contributed by atoms with E-state index in [-0.39, 0.29) is 5.41 Å². The van der Waals surface area contributed by atoms with Crippen molar-refractivity contribution >= 4 is 10.8 Å². The van der Waals surface area contributed by atoms with Crippen LogP contribution in [0.4, 0.5) is 0 Å². The molecule has 8 aromatic rings. The fraction of sp³-hybridized carbons (Fsp3) is 0.0667. The molecule has 0 amide bonds. The van der Waals surface area contributed by atoms with Crippen molar-refractivity contribution in [2.75, 3.05) is 0 Å². The average Bonchev–Trinajstić information content (AvgIpc) is 3.41. The Labute approximate surface area is 285 Å². The number of hydrogen-bond donors (Lipinski definition) is 0. The van der Waals surface area contributed by atoms with Gasteiger partial charge in [0.05, 0.1) is 0 Å². The van der Waals surface area contributed by atoms with Crippen LogP contribution in [0.15, 0.2) is 158 Å². The minimum atomic E-state index is -0.110. The van der Waals surface area contributed by atoms with Crippen molar-refractivity contribution in [3.8, 4) is 67.5 Å². The molecule has 1 aliphatic rings. The minimum absolute atomic E-state index is 0.110. The molecule has 0 spiro atoms. The van der Waals surface area contributed by atoms with Gasteiger partial charge in [0.2, 0.25) is 0 Å². The summed E-state index contributed by atoms with van der Waals surface area (Å²) in [6, 6.07) is 51.4. The molecule has 232 valence electrons. The Morgan fingerprint density at radius 1 is 0.408 bits per heavy atom. The third-order valence-electron chi connectivity index (χ3n) is 9.84. The Balaban J connectivity index is 1.13. The Morgan fingerprint density at radius 2 is 0.980 bits per heavy atom. The van der Waals surface area contributed by atoms with Crippen molar-refractivity contribution in [2.45, 2.75) is 19.3 Å². The van der Waals surface area contributed by atoms with Crippen LogP contribution in [-0.2, 0) is 5.41 Å². The third kappa shape index (κ3) is 5.01. The topological polar surface area (TPSA) is 51.6 Å². The van der Waals surface area contributed by atoms with Crippen molar-refractivity contribution in [1.82, 2.24) is 19.9 Å². The van der Waals surface area contributed by atoms with E-state index in [4.69, 9.17) is 15.0 Å². The van der Waals surface area contributed by atoms with Gasteiger partial charge in [0, 0.05) is 34.5 Å². The van der Waals surface area contributed by atoms with Gasteiger partial charge in [0.15, 0.2) is 17.5 Å². The van der Waals surface area contributed by atoms with Crippen LogP contribution in [0.25, 0.3) is 78.3 Å². The van der Waals surface area contributed by atoms with Crippen LogP contribution in [0.5, 0.6) is 0 Å². The number of pyridine rings is 1. The summed E-state index contributed by atoms with van der Waals surface area (Å²) in [6.07, 6.45) is 3.54. The molecule has 49 heavy (non-hydrogen) atoms. The summed E-state index contributed by atoms with van der Waals surface area (Å²) in [5.41, 5.74) is 12.7. The fourth-order valence-corrected chi connectivity index (χ4v) is 7.23. The molecular weight excluding hydrogens is 597 g/mol. The normalized spacial score (nSPS) is 12.9. The van der Waals surface area contributed by atoms with Gasteiger partial charge in [-0.1, -0.05) is 135 Å². The van der Waals surface area contributed by atoms with E-state index in [2.05, 4.69) is 146 Å². The lowest BCUT2D eigenvalue weighted by Crippen LogP contribution is -2.15. The molecule has 0 bridgehead atoms. The van der Waals surface area contributed by atoms with E-state index in [1.54, 1.807) is 12.4 Å². The smallest absolute Gasteiger partial charge is 0.164 e. The maximum Gasteiger partial charge on any atom is 0.164 e. The van der Waals surface area contributed by atoms with E-state index in [9.17, 15) is 0 Å². The molecule has 2 heterocycles. The number of aromatic nitrogens is 4. The summed E-state index contributed by atoms with van der Waals surface area (Å²) in [7, 11) is 0. The molecule has 0 atom stereocenters. The number of fused-ring (bicyclic) bond motifs is 5. The van der Waals surface area contributed by atoms with E-state index in [0.717, 1.165) is 27.8 Å². The van der Waals surface area contributed by atoms with Crippen LogP contribution >= 0.6 is 0 Å². The lowest BCUT2D eigenvalue weighted by atomic mass is 9.81. The highest BCUT2D eigenvalue weighted by Gasteiger charge is 2.36. The third-order valence-corrected chi connectivity index (χ3v) is 9.84. The second-order valence-corrected chi connectivity index (χ2v) is 13.2. The predicted octanol–water partition coefficient (Wildman–Crippen LogP) is 11.1. The molecule has 1 aliphatic carbocycles. The summed E-state index contributed by atoms with van der Waals surface area (Å²) >= 11 is 0. The summed E-state index contributed by atoms with van der Waals surface area (Å²) in [5, 5.41) is 2.59. The Morgan fingerprint density at radius 3 is 1.76 bits per heavy atom. The first-order valence-corrected chi connectivity index (χ1v) is 16.6. The first-order valence-electron chi connectivity index (χ1n) is 16.6. The predicted molar refractivity (Wildman–Crippen MR) is 200 cm³/mol. The van der Waals surface area contributed by atoms with Gasteiger partial charge in [0.1, 0.15) is 0 Å². The molecule has 0 unspecified atom stereocenters. The second kappa shape index (κ2) is 11.5. The van der Waals surface area contributed by atoms with Gasteiger partial charge in [-0.2, -0.15) is 0 Å². The van der Waals surface area contributed by atoms with Crippen LogP contribution in [0.1, 0.15) is 25.0 Å². The van der Waals surface area contributed by atoms with Gasteiger partial charge in [0.25, 0.3) is 0 Å². The second-order valence-electron chi connectivity index (χ2n) is 13.2. The molecule has 0 saturated carbocycles. The van der Waals surface area contributed by atoms with Crippen molar-refractivity contribution < 1.29 is 0 Å². The van der Waals surface area contributed by atoms with Gasteiger partial charge in [-0.05, 0) is 79.5 Å². The van der Waals surface area contributed by atoms with Crippen LogP contribution in [0.3, 0.4) is 0 Å². The van der Waals surface area contributed by atoms with Crippen LogP contribution in [0.2, 0.25) is 0 Å². The first-order chi connectivity index (χ1) is 24.0. The highest BCUT2D eigenvalue weighted by atomic mass is 15.0. The maximum atomic E-state index is 5.04. The van der Waals surface area contributed by atoms with Crippen LogP contribution < -0.4 is 0 Å². The molecule has 9 rings (SSSR count). The van der Waals surface area contributed by atoms with E-state index in [1.807, 2.05) is 18.2 Å². The lowest BCUT2D eigenvalue weighted by molar-refractivity contribution is 0.661. The van der Waals surface area contributed by atoms with Crippen molar-refractivity contribution in [1.29, 1.82) is 0 Å². The Kier molecular flexibility index (Phi) is 6.77. The number of hydrogen-bond acceptors (Lipinski definition) is 4. The molecule has 0 N–H and O–H groups in total. The molecule has 0 fully saturated rings. The Hall–Kier alpha value is -6.26. The monoisotopic (exact) mass is 628 g/mol. The molecule has 0 aliphatic heterocycles. The molecular formula is C45H32N4. The van der Waals surface area contributed by atoms with E-state index < -0.39 is 0 Å². The van der Waals surface area contributed by atoms with Gasteiger partial charge in [-0.15, -0.1) is 0 Å². The summed E-state index contributed by atoms with van der Waals surface area (Å²) in [6.45, 7) is 4.68. The average molecular weight is 629 g/mol. The molecule has 6 aromatic carbocycles. The van der Waals surface area contributed by atoms with Crippen molar-refractivity contribution in [2.24, 2.45) is 0 Å². The molecule has 4 nitrogen and oxygen atoms in total. The lowest BCUT2D eigenvalue weighted by Gasteiger charge is -2.22. The van der Waals surface area contributed by atoms with Crippen LogP contribution in [-0.4, -0.2) is 19.9 Å². The first kappa shape index (κ1) is 28.9. The number of nitrogens with zero attached hydrogens (tertiary/aromatic N) is 4. The van der Waals surface area contributed by atoms with Crippen molar-refractivity contribution in [3.05, 3.63) is 169 Å². The van der Waals surface area contributed by atoms with Gasteiger partial charge >= 0.3 is 0 Å². The zero-order chi connectivity index (χ0) is 33.0. The van der Waals surface area contributed by atoms with Crippen LogP contribution in [0, 0.1) is 0 Å². The molecule has 0 radical (unpaired) electrons. The largest absolute Gasteiger partial charge is 0.265 e. The molecule has 2 aromatic heterocycles. The van der Waals surface area contributed by atoms with E-state index in [0.29, 0.717) is 17.5 Å². The van der Waals surface area contributed by atoms with Gasteiger partial charge < -0.3 is 0 Å². The summed E-state index contributed by atoms with van der Waals surface area (Å²) in [4.78, 5) is 19.2. The quantitative estimate of drug-likeness (QED) is 0.190. The molecule has 0 saturated heterocycles. The Bertz CT molecular complexity index is 2500. The zero-order valence-electron chi connectivity index (χ0n) is 27.3. The summed E-state index contributed by atoms with van der Waals surface area (Å²) < 4.78 is 0. The number of benzene rings is 6. The van der Waals surface area contributed by atoms with E-state index >= 15 is 0 Å². The standard InChI is InChI=1S/C45H32N4/c1-45(2)39-22-20-31-11-6-7-14-37(31)41(39)38-21-19-35(28-40(38)45)34-12-8-13-36(27-34)44-48-42(47-43(49-44)33-23-25-46-26-24-33)32-17-15-30(16-18-32)29-9-4-3-5-10-29/h3-28H,1-2H3. The summed E-state index contributed by atoms with van der Waals surface area (Å²) in [5.74, 6) is 1.88. The van der Waals surface area contributed by atoms with E-state index in [1.165, 1.54) is 44.2 Å². The zero-order valence-corrected chi connectivity index (χ0v) is 27.3. The fourth-order valence-electron chi connectivity index (χ4n) is 7.23. The SMILES string of the molecule is CC1(C)c2cc(-c3cccc(-c4nc(-c5ccncc5)nc(-c5ccc(-c6ccccc6)cc5)n4)c3)ccc2-c2c1ccc1ccccc21. The molecule has 4 heteroatoms. The van der Waals surface area contributed by atoms with Crippen molar-refractivity contribution in [3.63, 3.8) is 0 Å². The maximum absolute atomic E-state index is 5.04. The van der Waals surface area contributed by atoms with Gasteiger partial charge in [-0.25, -0.2) is 15.0 Å². The number of rotatable bonds is 5. The highest BCUT2D eigenvalue weighted by Crippen LogP contribution is 2.52.